The molecule has 1 aromatic carbocycles. The Balaban J connectivity index is 1.48. The number of carbonyl (C=O) groups excluding carboxylic acids is 1. The molecule has 110 valence electrons. The van der Waals surface area contributed by atoms with Gasteiger partial charge in [-0.15, -0.1) is 0 Å². The standard InChI is InChI=1S/C17H25NO2/c19-17(18-13-6-11-15-9-4-5-10-15)20-14-12-16-7-2-1-3-8-16/h1-3,7-8,15H,4-6,9-14H2,(H,18,19). The molecule has 3 heteroatoms. The van der Waals surface area contributed by atoms with E-state index >= 15 is 0 Å². The van der Waals surface area contributed by atoms with Crippen LogP contribution in [0.5, 0.6) is 0 Å². The summed E-state index contributed by atoms with van der Waals surface area (Å²) in [7, 11) is 0. The first kappa shape index (κ1) is 14.9. The van der Waals surface area contributed by atoms with Gasteiger partial charge in [-0.25, -0.2) is 4.79 Å². The van der Waals surface area contributed by atoms with E-state index in [9.17, 15) is 4.79 Å². The van der Waals surface area contributed by atoms with Gasteiger partial charge in [0, 0.05) is 13.0 Å². The van der Waals surface area contributed by atoms with E-state index in [1.807, 2.05) is 30.3 Å². The van der Waals surface area contributed by atoms with Gasteiger partial charge in [0.2, 0.25) is 0 Å². The first-order valence-corrected chi connectivity index (χ1v) is 7.79. The summed E-state index contributed by atoms with van der Waals surface area (Å²) >= 11 is 0. The van der Waals surface area contributed by atoms with Crippen LogP contribution >= 0.6 is 0 Å². The number of ether oxygens (including phenoxy) is 1. The van der Waals surface area contributed by atoms with Crippen LogP contribution in [0.3, 0.4) is 0 Å². The average Bonchev–Trinajstić information content (AvgIpc) is 2.98. The molecule has 0 radical (unpaired) electrons. The van der Waals surface area contributed by atoms with Crippen molar-refractivity contribution in [3.8, 4) is 0 Å². The molecule has 0 saturated heterocycles. The van der Waals surface area contributed by atoms with Gasteiger partial charge in [-0.3, -0.25) is 0 Å². The molecule has 0 aliphatic heterocycles. The minimum atomic E-state index is -0.285. The van der Waals surface area contributed by atoms with Crippen LogP contribution in [0.25, 0.3) is 0 Å². The maximum absolute atomic E-state index is 11.5. The van der Waals surface area contributed by atoms with Gasteiger partial charge in [0.1, 0.15) is 0 Å². The summed E-state index contributed by atoms with van der Waals surface area (Å²) in [4.78, 5) is 11.5. The Morgan fingerprint density at radius 3 is 2.70 bits per heavy atom. The predicted molar refractivity (Wildman–Crippen MR) is 80.7 cm³/mol. The lowest BCUT2D eigenvalue weighted by atomic mass is 10.0. The monoisotopic (exact) mass is 275 g/mol. The molecule has 1 fully saturated rings. The second-order valence-electron chi connectivity index (χ2n) is 5.59. The van der Waals surface area contributed by atoms with Gasteiger partial charge in [0.05, 0.1) is 6.61 Å². The van der Waals surface area contributed by atoms with Crippen molar-refractivity contribution in [3.05, 3.63) is 35.9 Å². The van der Waals surface area contributed by atoms with E-state index in [-0.39, 0.29) is 6.09 Å². The molecular formula is C17H25NO2. The maximum Gasteiger partial charge on any atom is 0.407 e. The van der Waals surface area contributed by atoms with Crippen molar-refractivity contribution in [1.29, 1.82) is 0 Å². The second kappa shape index (κ2) is 8.62. The fourth-order valence-corrected chi connectivity index (χ4v) is 2.84. The summed E-state index contributed by atoms with van der Waals surface area (Å²) in [6, 6.07) is 10.1. The quantitative estimate of drug-likeness (QED) is 0.766. The number of nitrogens with one attached hydrogen (secondary N) is 1. The van der Waals surface area contributed by atoms with Gasteiger partial charge >= 0.3 is 6.09 Å². The predicted octanol–water partition coefficient (Wildman–Crippen LogP) is 3.93. The molecule has 1 aliphatic carbocycles. The molecule has 0 atom stereocenters. The Bertz CT molecular complexity index is 385. The van der Waals surface area contributed by atoms with E-state index in [1.54, 1.807) is 0 Å². The third kappa shape index (κ3) is 5.64. The Morgan fingerprint density at radius 2 is 1.95 bits per heavy atom. The van der Waals surface area contributed by atoms with Crippen LogP contribution < -0.4 is 5.32 Å². The summed E-state index contributed by atoms with van der Waals surface area (Å²) in [5, 5.41) is 2.83. The van der Waals surface area contributed by atoms with Crippen LogP contribution in [0, 0.1) is 5.92 Å². The highest BCUT2D eigenvalue weighted by atomic mass is 16.5. The maximum atomic E-state index is 11.5. The molecule has 1 N–H and O–H groups in total. The van der Waals surface area contributed by atoms with Gasteiger partial charge < -0.3 is 10.1 Å². The van der Waals surface area contributed by atoms with E-state index in [0.29, 0.717) is 6.61 Å². The number of hydrogen-bond donors (Lipinski definition) is 1. The van der Waals surface area contributed by atoms with Crippen molar-refractivity contribution in [2.75, 3.05) is 13.2 Å². The fourth-order valence-electron chi connectivity index (χ4n) is 2.84. The lowest BCUT2D eigenvalue weighted by Gasteiger charge is -2.09. The normalized spacial score (nSPS) is 15.2. The van der Waals surface area contributed by atoms with Crippen molar-refractivity contribution >= 4 is 6.09 Å². The van der Waals surface area contributed by atoms with Crippen LogP contribution in [0.1, 0.15) is 44.1 Å². The van der Waals surface area contributed by atoms with Gasteiger partial charge in [0.15, 0.2) is 0 Å². The number of rotatable bonds is 7. The average molecular weight is 275 g/mol. The van der Waals surface area contributed by atoms with Crippen LogP contribution in [-0.2, 0) is 11.2 Å². The summed E-state index contributed by atoms with van der Waals surface area (Å²) < 4.78 is 5.17. The highest BCUT2D eigenvalue weighted by Crippen LogP contribution is 2.28. The molecule has 1 saturated carbocycles. The summed E-state index contributed by atoms with van der Waals surface area (Å²) in [5.41, 5.74) is 1.20. The summed E-state index contributed by atoms with van der Waals surface area (Å²) in [6.45, 7) is 1.18. The lowest BCUT2D eigenvalue weighted by molar-refractivity contribution is 0.147. The van der Waals surface area contributed by atoms with Crippen molar-refractivity contribution in [3.63, 3.8) is 0 Å². The fraction of sp³-hybridized carbons (Fsp3) is 0.588. The van der Waals surface area contributed by atoms with Crippen molar-refractivity contribution < 1.29 is 9.53 Å². The van der Waals surface area contributed by atoms with Crippen LogP contribution in [0.2, 0.25) is 0 Å². The summed E-state index contributed by atoms with van der Waals surface area (Å²) in [6.07, 6.45) is 8.33. The molecule has 20 heavy (non-hydrogen) atoms. The van der Waals surface area contributed by atoms with Gasteiger partial charge in [-0.2, -0.15) is 0 Å². The second-order valence-corrected chi connectivity index (χ2v) is 5.59. The highest BCUT2D eigenvalue weighted by molar-refractivity contribution is 5.67. The van der Waals surface area contributed by atoms with Crippen LogP contribution in [0.4, 0.5) is 4.79 Å². The lowest BCUT2D eigenvalue weighted by Crippen LogP contribution is -2.26. The van der Waals surface area contributed by atoms with E-state index < -0.39 is 0 Å². The third-order valence-corrected chi connectivity index (χ3v) is 4.00. The topological polar surface area (TPSA) is 38.3 Å². The Morgan fingerprint density at radius 1 is 1.20 bits per heavy atom. The highest BCUT2D eigenvalue weighted by Gasteiger charge is 2.14. The minimum absolute atomic E-state index is 0.285. The molecule has 1 amide bonds. The number of carbonyl (C=O) groups is 1. The largest absolute Gasteiger partial charge is 0.449 e. The number of alkyl carbamates (subject to hydrolysis) is 1. The molecule has 0 aromatic heterocycles. The smallest absolute Gasteiger partial charge is 0.407 e. The summed E-state index contributed by atoms with van der Waals surface area (Å²) in [5.74, 6) is 0.894. The van der Waals surface area contributed by atoms with Crippen molar-refractivity contribution in [2.24, 2.45) is 5.92 Å². The van der Waals surface area contributed by atoms with E-state index in [4.69, 9.17) is 4.74 Å². The molecular weight excluding hydrogens is 250 g/mol. The van der Waals surface area contributed by atoms with Crippen LogP contribution in [0.15, 0.2) is 30.3 Å². The third-order valence-electron chi connectivity index (χ3n) is 4.00. The zero-order valence-electron chi connectivity index (χ0n) is 12.1. The van der Waals surface area contributed by atoms with E-state index in [2.05, 4.69) is 5.32 Å². The van der Waals surface area contributed by atoms with Gasteiger partial charge in [0.25, 0.3) is 0 Å². The number of amides is 1. The molecule has 0 bridgehead atoms. The Labute approximate surface area is 121 Å². The zero-order chi connectivity index (χ0) is 14.0. The Kier molecular flexibility index (Phi) is 6.42. The van der Waals surface area contributed by atoms with Crippen LogP contribution in [-0.4, -0.2) is 19.2 Å². The van der Waals surface area contributed by atoms with Crippen molar-refractivity contribution in [1.82, 2.24) is 5.32 Å². The molecule has 1 aromatic rings. The first-order valence-electron chi connectivity index (χ1n) is 7.79. The molecule has 1 aliphatic rings. The van der Waals surface area contributed by atoms with Crippen molar-refractivity contribution in [2.45, 2.75) is 44.9 Å². The van der Waals surface area contributed by atoms with E-state index in [1.165, 1.54) is 37.7 Å². The Hall–Kier alpha value is -1.51. The zero-order valence-corrected chi connectivity index (χ0v) is 12.1. The van der Waals surface area contributed by atoms with Gasteiger partial charge in [-0.05, 0) is 24.3 Å². The van der Waals surface area contributed by atoms with E-state index in [0.717, 1.165) is 25.3 Å². The molecule has 2 rings (SSSR count). The number of hydrogen-bond acceptors (Lipinski definition) is 2. The minimum Gasteiger partial charge on any atom is -0.449 e. The SMILES string of the molecule is O=C(NCCCC1CCCC1)OCCc1ccccc1. The number of benzene rings is 1. The molecule has 0 unspecified atom stereocenters. The van der Waals surface area contributed by atoms with Gasteiger partial charge in [-0.1, -0.05) is 56.0 Å². The first-order chi connectivity index (χ1) is 9.84. The molecule has 0 spiro atoms. The molecule has 3 nitrogen and oxygen atoms in total. The molecule has 0 heterocycles.